The summed E-state index contributed by atoms with van der Waals surface area (Å²) in [6.45, 7) is 3.05. The Bertz CT molecular complexity index is 213. The molecule has 0 fully saturated rings. The molecule has 0 heterocycles. The maximum Gasteiger partial charge on any atom is 0.216 e. The third-order valence-electron chi connectivity index (χ3n) is 1.60. The molecule has 1 amide bonds. The molecule has 0 aliphatic rings. The van der Waals surface area contributed by atoms with Crippen LogP contribution in [0, 0.1) is 5.92 Å². The highest BCUT2D eigenvalue weighted by molar-refractivity contribution is 7.96. The number of carbonyl (C=O) groups excluding carboxylic acids is 3. The average Bonchev–Trinajstić information content (AvgIpc) is 1.95. The van der Waals surface area contributed by atoms with Gasteiger partial charge in [0.15, 0.2) is 5.12 Å². The number of carbonyl (C=O) groups is 3. The van der Waals surface area contributed by atoms with Crippen molar-refractivity contribution in [3.8, 4) is 0 Å². The molecule has 1 unspecified atom stereocenters. The van der Waals surface area contributed by atoms with Crippen LogP contribution in [0.15, 0.2) is 0 Å². The van der Waals surface area contributed by atoms with Gasteiger partial charge in [-0.15, -0.1) is 12.6 Å². The highest BCUT2D eigenvalue weighted by atomic mass is 32.1. The first kappa shape index (κ1) is 12.2. The highest BCUT2D eigenvalue weighted by Gasteiger charge is 2.19. The fourth-order valence-electron chi connectivity index (χ4n) is 0.893. The number of amides is 1. The topological polar surface area (TPSA) is 63.2 Å². The van der Waals surface area contributed by atoms with Gasteiger partial charge in [0.1, 0.15) is 5.78 Å². The average molecular weight is 203 g/mol. The van der Waals surface area contributed by atoms with Crippen LogP contribution < -0.4 is 5.32 Å². The molecule has 5 heteroatoms. The van der Waals surface area contributed by atoms with Gasteiger partial charge >= 0.3 is 0 Å². The first-order chi connectivity index (χ1) is 5.95. The van der Waals surface area contributed by atoms with E-state index in [0.29, 0.717) is 13.0 Å². The molecule has 4 nitrogen and oxygen atoms in total. The Morgan fingerprint density at radius 1 is 1.31 bits per heavy atom. The molecule has 74 valence electrons. The maximum absolute atomic E-state index is 10.9. The smallest absolute Gasteiger partial charge is 0.216 e. The summed E-state index contributed by atoms with van der Waals surface area (Å²) in [6.07, 6.45) is 0.317. The maximum atomic E-state index is 10.9. The normalized spacial score (nSPS) is 11.9. The number of Topliss-reactive ketones (excluding diaryl/α,β-unsaturated/α-hetero) is 1. The van der Waals surface area contributed by atoms with Crippen molar-refractivity contribution in [1.29, 1.82) is 0 Å². The summed E-state index contributed by atoms with van der Waals surface area (Å²) in [5.74, 6) is -1.09. The third-order valence-corrected chi connectivity index (χ3v) is 1.91. The summed E-state index contributed by atoms with van der Waals surface area (Å²) in [4.78, 5) is 32.1. The first-order valence-electron chi connectivity index (χ1n) is 3.93. The second-order valence-electron chi connectivity index (χ2n) is 2.77. The van der Waals surface area contributed by atoms with E-state index in [1.54, 1.807) is 0 Å². The van der Waals surface area contributed by atoms with Crippen LogP contribution >= 0.6 is 12.6 Å². The number of rotatable bonds is 5. The third kappa shape index (κ3) is 5.41. The zero-order chi connectivity index (χ0) is 10.4. The van der Waals surface area contributed by atoms with Crippen LogP contribution in [0.2, 0.25) is 0 Å². The summed E-state index contributed by atoms with van der Waals surface area (Å²) < 4.78 is 0. The molecule has 0 saturated heterocycles. The minimum atomic E-state index is -0.699. The van der Waals surface area contributed by atoms with Crippen molar-refractivity contribution in [2.75, 3.05) is 6.54 Å². The van der Waals surface area contributed by atoms with Crippen molar-refractivity contribution in [1.82, 2.24) is 5.32 Å². The molecule has 13 heavy (non-hydrogen) atoms. The molecule has 0 aromatic heterocycles. The Hall–Kier alpha value is -0.840. The van der Waals surface area contributed by atoms with Gasteiger partial charge in [0.25, 0.3) is 0 Å². The van der Waals surface area contributed by atoms with Gasteiger partial charge in [-0.3, -0.25) is 14.4 Å². The van der Waals surface area contributed by atoms with Crippen molar-refractivity contribution in [3.05, 3.63) is 0 Å². The molecular formula is C8H13NO3S. The Labute approximate surface area is 82.5 Å². The van der Waals surface area contributed by atoms with Gasteiger partial charge in [-0.2, -0.15) is 0 Å². The molecule has 0 rings (SSSR count). The van der Waals surface area contributed by atoms with Crippen LogP contribution in [0.1, 0.15) is 20.3 Å². The van der Waals surface area contributed by atoms with Gasteiger partial charge in [-0.25, -0.2) is 0 Å². The van der Waals surface area contributed by atoms with Gasteiger partial charge in [-0.05, 0) is 13.3 Å². The van der Waals surface area contributed by atoms with E-state index in [1.807, 2.05) is 0 Å². The predicted molar refractivity (Wildman–Crippen MR) is 51.5 cm³/mol. The van der Waals surface area contributed by atoms with E-state index in [-0.39, 0.29) is 11.7 Å². The molecular weight excluding hydrogens is 190 g/mol. The van der Waals surface area contributed by atoms with Gasteiger partial charge in [-0.1, -0.05) is 0 Å². The summed E-state index contributed by atoms with van der Waals surface area (Å²) in [5.41, 5.74) is 0. The van der Waals surface area contributed by atoms with Crippen molar-refractivity contribution < 1.29 is 14.4 Å². The molecule has 0 spiro atoms. The van der Waals surface area contributed by atoms with Crippen molar-refractivity contribution >= 4 is 29.4 Å². The van der Waals surface area contributed by atoms with E-state index in [9.17, 15) is 14.4 Å². The highest BCUT2D eigenvalue weighted by Crippen LogP contribution is 2.07. The number of thiol groups is 1. The van der Waals surface area contributed by atoms with Crippen LogP contribution in [-0.4, -0.2) is 23.4 Å². The minimum absolute atomic E-state index is 0.172. The van der Waals surface area contributed by atoms with Gasteiger partial charge in [0.2, 0.25) is 5.91 Å². The summed E-state index contributed by atoms with van der Waals surface area (Å²) in [5, 5.41) is 2.06. The van der Waals surface area contributed by atoms with Crippen LogP contribution in [0.4, 0.5) is 0 Å². The van der Waals surface area contributed by atoms with Crippen LogP contribution in [0.5, 0.6) is 0 Å². The SMILES string of the molecule is CC(=O)NCCC(C(C)=O)C(=O)S. The molecule has 0 aliphatic carbocycles. The minimum Gasteiger partial charge on any atom is -0.356 e. The van der Waals surface area contributed by atoms with E-state index in [0.717, 1.165) is 0 Å². The van der Waals surface area contributed by atoms with Gasteiger partial charge in [0, 0.05) is 13.5 Å². The second-order valence-corrected chi connectivity index (χ2v) is 3.21. The molecule has 0 radical (unpaired) electrons. The fourth-order valence-corrected chi connectivity index (χ4v) is 1.20. The van der Waals surface area contributed by atoms with Gasteiger partial charge in [0.05, 0.1) is 5.92 Å². The van der Waals surface area contributed by atoms with E-state index < -0.39 is 11.0 Å². The lowest BCUT2D eigenvalue weighted by molar-refractivity contribution is -0.127. The van der Waals surface area contributed by atoms with E-state index in [2.05, 4.69) is 17.9 Å². The number of hydrogen-bond donors (Lipinski definition) is 2. The number of nitrogens with one attached hydrogen (secondary N) is 1. The quantitative estimate of drug-likeness (QED) is 0.494. The Balaban J connectivity index is 3.91. The number of hydrogen-bond acceptors (Lipinski definition) is 3. The Kier molecular flexibility index (Phi) is 5.37. The van der Waals surface area contributed by atoms with Crippen LogP contribution in [-0.2, 0) is 14.4 Å². The summed E-state index contributed by atoms with van der Waals surface area (Å²) in [7, 11) is 0. The predicted octanol–water partition coefficient (Wildman–Crippen LogP) is 0.174. The van der Waals surface area contributed by atoms with Crippen molar-refractivity contribution in [2.24, 2.45) is 5.92 Å². The van der Waals surface area contributed by atoms with Crippen LogP contribution in [0.25, 0.3) is 0 Å². The van der Waals surface area contributed by atoms with Crippen LogP contribution in [0.3, 0.4) is 0 Å². The zero-order valence-electron chi connectivity index (χ0n) is 7.66. The number of ketones is 1. The summed E-state index contributed by atoms with van der Waals surface area (Å²) >= 11 is 3.58. The standard InChI is InChI=1S/C8H13NO3S/c1-5(10)7(8(12)13)3-4-9-6(2)11/h7H,3-4H2,1-2H3,(H,9,11)(H,12,13). The van der Waals surface area contributed by atoms with Gasteiger partial charge < -0.3 is 5.32 Å². The van der Waals surface area contributed by atoms with E-state index >= 15 is 0 Å². The first-order valence-corrected chi connectivity index (χ1v) is 4.37. The molecule has 1 atom stereocenters. The lowest BCUT2D eigenvalue weighted by Gasteiger charge is -2.08. The van der Waals surface area contributed by atoms with Crippen molar-refractivity contribution in [2.45, 2.75) is 20.3 Å². The molecule has 0 aliphatic heterocycles. The Morgan fingerprint density at radius 3 is 2.15 bits per heavy atom. The Morgan fingerprint density at radius 2 is 1.85 bits per heavy atom. The van der Waals surface area contributed by atoms with E-state index in [4.69, 9.17) is 0 Å². The second kappa shape index (κ2) is 5.75. The molecule has 0 aromatic carbocycles. The molecule has 0 saturated carbocycles. The summed E-state index contributed by atoms with van der Waals surface area (Å²) in [6, 6.07) is 0. The molecule has 1 N–H and O–H groups in total. The lowest BCUT2D eigenvalue weighted by atomic mass is 10.0. The largest absolute Gasteiger partial charge is 0.356 e. The van der Waals surface area contributed by atoms with E-state index in [1.165, 1.54) is 13.8 Å². The lowest BCUT2D eigenvalue weighted by Crippen LogP contribution is -2.27. The molecule has 0 bridgehead atoms. The molecule has 0 aromatic rings. The fraction of sp³-hybridized carbons (Fsp3) is 0.625. The zero-order valence-corrected chi connectivity index (χ0v) is 8.56. The van der Waals surface area contributed by atoms with Crippen molar-refractivity contribution in [3.63, 3.8) is 0 Å². The monoisotopic (exact) mass is 203 g/mol.